The van der Waals surface area contributed by atoms with Crippen LogP contribution in [0.1, 0.15) is 66.1 Å². The van der Waals surface area contributed by atoms with Crippen LogP contribution in [0.4, 0.5) is 0 Å². The molecule has 2 atom stereocenters. The molecule has 158 valence electrons. The normalized spacial score (nSPS) is 18.1. The number of carbonyl (C=O) groups is 2. The van der Waals surface area contributed by atoms with Gasteiger partial charge in [0, 0.05) is 25.6 Å². The molecule has 1 saturated heterocycles. The van der Waals surface area contributed by atoms with E-state index in [0.29, 0.717) is 19.5 Å². The van der Waals surface area contributed by atoms with Crippen molar-refractivity contribution in [3.63, 3.8) is 0 Å². The fourth-order valence-corrected chi connectivity index (χ4v) is 3.39. The van der Waals surface area contributed by atoms with Gasteiger partial charge in [-0.3, -0.25) is 9.59 Å². The van der Waals surface area contributed by atoms with Crippen LogP contribution in [0.2, 0.25) is 0 Å². The molecule has 1 aromatic rings. The molecule has 1 aromatic heterocycles. The molecule has 0 bridgehead atoms. The van der Waals surface area contributed by atoms with E-state index in [1.165, 1.54) is 0 Å². The minimum absolute atomic E-state index is 0.0204. The van der Waals surface area contributed by atoms with Crippen molar-refractivity contribution in [3.05, 3.63) is 24.2 Å². The maximum absolute atomic E-state index is 13.2. The summed E-state index contributed by atoms with van der Waals surface area (Å²) >= 11 is 0. The topological polar surface area (TPSA) is 63.0 Å². The Labute approximate surface area is 169 Å². The number of carbonyl (C=O) groups excluding carboxylic acids is 2. The Hall–Kier alpha value is -1.82. The van der Waals surface area contributed by atoms with Gasteiger partial charge in [-0.1, -0.05) is 27.7 Å². The molecule has 1 aliphatic heterocycles. The lowest BCUT2D eigenvalue weighted by atomic mass is 9.91. The molecule has 0 unspecified atom stereocenters. The van der Waals surface area contributed by atoms with Crippen molar-refractivity contribution in [2.45, 2.75) is 79.0 Å². The predicted molar refractivity (Wildman–Crippen MR) is 109 cm³/mol. The van der Waals surface area contributed by atoms with Crippen LogP contribution in [-0.4, -0.2) is 53.5 Å². The van der Waals surface area contributed by atoms with Gasteiger partial charge in [-0.15, -0.1) is 0 Å². The van der Waals surface area contributed by atoms with Gasteiger partial charge in [-0.25, -0.2) is 0 Å². The van der Waals surface area contributed by atoms with E-state index in [1.54, 1.807) is 16.1 Å². The number of nitrogens with zero attached hydrogens (tertiary/aromatic N) is 2. The van der Waals surface area contributed by atoms with E-state index in [-0.39, 0.29) is 35.9 Å². The first-order chi connectivity index (χ1) is 13.2. The minimum Gasteiger partial charge on any atom is -0.467 e. The lowest BCUT2D eigenvalue weighted by molar-refractivity contribution is -0.144. The summed E-state index contributed by atoms with van der Waals surface area (Å²) < 4.78 is 11.2. The molecule has 6 nitrogen and oxygen atoms in total. The van der Waals surface area contributed by atoms with Gasteiger partial charge in [0.1, 0.15) is 12.3 Å². The number of hydrogen-bond acceptors (Lipinski definition) is 4. The highest BCUT2D eigenvalue weighted by atomic mass is 16.5. The second-order valence-corrected chi connectivity index (χ2v) is 9.00. The van der Waals surface area contributed by atoms with E-state index in [4.69, 9.17) is 9.15 Å². The van der Waals surface area contributed by atoms with Gasteiger partial charge in [-0.05, 0) is 43.7 Å². The Morgan fingerprint density at radius 3 is 2.57 bits per heavy atom. The third kappa shape index (κ3) is 6.97. The average molecular weight is 393 g/mol. The molecule has 0 spiro atoms. The minimum atomic E-state index is -0.114. The van der Waals surface area contributed by atoms with Crippen LogP contribution in [0, 0.1) is 5.41 Å². The summed E-state index contributed by atoms with van der Waals surface area (Å²) in [5, 5.41) is 0. The molecule has 1 fully saturated rings. The monoisotopic (exact) mass is 392 g/mol. The quantitative estimate of drug-likeness (QED) is 0.640. The lowest BCUT2D eigenvalue weighted by Crippen LogP contribution is -2.48. The van der Waals surface area contributed by atoms with Gasteiger partial charge in [0.2, 0.25) is 11.8 Å². The number of hydrogen-bond donors (Lipinski definition) is 0. The smallest absolute Gasteiger partial charge is 0.242 e. The Morgan fingerprint density at radius 1 is 1.29 bits per heavy atom. The molecular weight excluding hydrogens is 356 g/mol. The summed E-state index contributed by atoms with van der Waals surface area (Å²) in [7, 11) is 0. The summed E-state index contributed by atoms with van der Waals surface area (Å²) in [4.78, 5) is 29.6. The van der Waals surface area contributed by atoms with Crippen LogP contribution in [0.25, 0.3) is 0 Å². The lowest BCUT2D eigenvalue weighted by Gasteiger charge is -2.33. The number of amides is 2. The van der Waals surface area contributed by atoms with E-state index in [1.807, 2.05) is 46.8 Å². The summed E-state index contributed by atoms with van der Waals surface area (Å²) in [5.41, 5.74) is -0.114. The standard InChI is InChI=1S/C22H36N2O4/c1-6-17(2)24(20(25)13-22(3,4)5)16-21(26)23(14-18-9-7-11-27-18)15-19-10-8-12-28-19/h7,9,11,17,19H,6,8,10,12-16H2,1-5H3/t17-,19+/m1/s1. The van der Waals surface area contributed by atoms with Crippen LogP contribution in [0.15, 0.2) is 22.8 Å². The van der Waals surface area contributed by atoms with Crippen LogP contribution in [0.3, 0.4) is 0 Å². The number of ether oxygens (including phenoxy) is 1. The van der Waals surface area contributed by atoms with Gasteiger partial charge in [0.15, 0.2) is 0 Å². The van der Waals surface area contributed by atoms with E-state index in [2.05, 4.69) is 0 Å². The van der Waals surface area contributed by atoms with Crippen molar-refractivity contribution in [2.75, 3.05) is 19.7 Å². The van der Waals surface area contributed by atoms with E-state index in [0.717, 1.165) is 31.6 Å². The second kappa shape index (κ2) is 10.1. The second-order valence-electron chi connectivity index (χ2n) is 9.00. The Morgan fingerprint density at radius 2 is 2.04 bits per heavy atom. The summed E-state index contributed by atoms with van der Waals surface area (Å²) in [5.74, 6) is 0.710. The molecule has 0 saturated carbocycles. The third-order valence-electron chi connectivity index (χ3n) is 5.16. The molecular formula is C22H36N2O4. The molecule has 0 aromatic carbocycles. The highest BCUT2D eigenvalue weighted by molar-refractivity contribution is 5.85. The predicted octanol–water partition coefficient (Wildman–Crippen LogP) is 3.85. The molecule has 28 heavy (non-hydrogen) atoms. The summed E-state index contributed by atoms with van der Waals surface area (Å²) in [6, 6.07) is 3.71. The van der Waals surface area contributed by atoms with Gasteiger partial charge < -0.3 is 19.0 Å². The van der Waals surface area contributed by atoms with Gasteiger partial charge in [-0.2, -0.15) is 0 Å². The van der Waals surface area contributed by atoms with Crippen molar-refractivity contribution < 1.29 is 18.7 Å². The highest BCUT2D eigenvalue weighted by Gasteiger charge is 2.29. The first kappa shape index (κ1) is 22.5. The maximum atomic E-state index is 13.2. The van der Waals surface area contributed by atoms with E-state index < -0.39 is 0 Å². The SMILES string of the molecule is CC[C@@H](C)N(CC(=O)N(Cc1ccco1)C[C@@H]1CCCO1)C(=O)CC(C)(C)C. The summed E-state index contributed by atoms with van der Waals surface area (Å²) in [6.07, 6.45) is 4.89. The first-order valence-electron chi connectivity index (χ1n) is 10.4. The van der Waals surface area contributed by atoms with Crippen LogP contribution in [-0.2, 0) is 20.9 Å². The fourth-order valence-electron chi connectivity index (χ4n) is 3.39. The Bertz CT molecular complexity index is 615. The zero-order valence-corrected chi connectivity index (χ0v) is 18.1. The fraction of sp³-hybridized carbons (Fsp3) is 0.727. The van der Waals surface area contributed by atoms with Crippen molar-refractivity contribution >= 4 is 11.8 Å². The number of furan rings is 1. The number of rotatable bonds is 9. The molecule has 6 heteroatoms. The van der Waals surface area contributed by atoms with Gasteiger partial charge >= 0.3 is 0 Å². The molecule has 2 rings (SSSR count). The Kier molecular flexibility index (Phi) is 8.10. The van der Waals surface area contributed by atoms with Gasteiger partial charge in [0.25, 0.3) is 0 Å². The van der Waals surface area contributed by atoms with Crippen molar-refractivity contribution in [2.24, 2.45) is 5.41 Å². The molecule has 1 aliphatic rings. The van der Waals surface area contributed by atoms with Crippen molar-refractivity contribution in [3.8, 4) is 0 Å². The van der Waals surface area contributed by atoms with Crippen molar-refractivity contribution in [1.29, 1.82) is 0 Å². The zero-order valence-electron chi connectivity index (χ0n) is 18.1. The largest absolute Gasteiger partial charge is 0.467 e. The Balaban J connectivity index is 2.11. The first-order valence-corrected chi connectivity index (χ1v) is 10.4. The van der Waals surface area contributed by atoms with Crippen LogP contribution < -0.4 is 0 Å². The molecule has 0 N–H and O–H groups in total. The molecule has 2 heterocycles. The molecule has 0 aliphatic carbocycles. The van der Waals surface area contributed by atoms with E-state index in [9.17, 15) is 9.59 Å². The van der Waals surface area contributed by atoms with Crippen LogP contribution in [0.5, 0.6) is 0 Å². The highest BCUT2D eigenvalue weighted by Crippen LogP contribution is 2.22. The third-order valence-corrected chi connectivity index (χ3v) is 5.16. The van der Waals surface area contributed by atoms with E-state index >= 15 is 0 Å². The zero-order chi connectivity index (χ0) is 20.7. The molecule has 0 radical (unpaired) electrons. The summed E-state index contributed by atoms with van der Waals surface area (Å²) in [6.45, 7) is 11.9. The van der Waals surface area contributed by atoms with Gasteiger partial charge in [0.05, 0.1) is 18.9 Å². The average Bonchev–Trinajstić information content (AvgIpc) is 3.30. The van der Waals surface area contributed by atoms with Crippen LogP contribution >= 0.6 is 0 Å². The maximum Gasteiger partial charge on any atom is 0.242 e. The molecule has 2 amide bonds. The van der Waals surface area contributed by atoms with Crippen molar-refractivity contribution in [1.82, 2.24) is 9.80 Å².